The van der Waals surface area contributed by atoms with E-state index in [0.29, 0.717) is 6.54 Å². The first-order valence-electron chi connectivity index (χ1n) is 6.95. The maximum atomic E-state index is 5.56. The number of imidazole rings is 1. The van der Waals surface area contributed by atoms with E-state index in [-0.39, 0.29) is 6.04 Å². The first-order valence-corrected chi connectivity index (χ1v) is 7.77. The lowest BCUT2D eigenvalue weighted by molar-refractivity contribution is 0.429. The number of aromatic nitrogens is 3. The highest BCUT2D eigenvalue weighted by Gasteiger charge is 2.20. The van der Waals surface area contributed by atoms with Crippen LogP contribution in [0, 0.1) is 0 Å². The predicted octanol–water partition coefficient (Wildman–Crippen LogP) is 2.91. The minimum atomic E-state index is -0.0750. The second kappa shape index (κ2) is 6.24. The standard InChI is InChI=1S/C15H18N4OS/c1-3-11-9-17-13(21-11)10-18-14(12-5-4-8-20-12)15-16-6-7-19(15)2/h4-9,14,18H,3,10H2,1-2H3. The van der Waals surface area contributed by atoms with Gasteiger partial charge in [0.1, 0.15) is 22.6 Å². The van der Waals surface area contributed by atoms with Crippen molar-refractivity contribution in [2.75, 3.05) is 0 Å². The molecule has 1 N–H and O–H groups in total. The van der Waals surface area contributed by atoms with E-state index in [1.165, 1.54) is 4.88 Å². The highest BCUT2D eigenvalue weighted by atomic mass is 32.1. The van der Waals surface area contributed by atoms with Gasteiger partial charge in [-0.05, 0) is 18.6 Å². The van der Waals surface area contributed by atoms with E-state index in [2.05, 4.69) is 22.2 Å². The van der Waals surface area contributed by atoms with Gasteiger partial charge in [-0.15, -0.1) is 11.3 Å². The van der Waals surface area contributed by atoms with Crippen molar-refractivity contribution >= 4 is 11.3 Å². The van der Waals surface area contributed by atoms with Gasteiger partial charge in [0.15, 0.2) is 0 Å². The third kappa shape index (κ3) is 3.06. The van der Waals surface area contributed by atoms with Crippen LogP contribution in [0.4, 0.5) is 0 Å². The zero-order valence-corrected chi connectivity index (χ0v) is 12.9. The van der Waals surface area contributed by atoms with Crippen LogP contribution in [0.2, 0.25) is 0 Å². The minimum Gasteiger partial charge on any atom is -0.467 e. The monoisotopic (exact) mass is 302 g/mol. The Hall–Kier alpha value is -1.92. The van der Waals surface area contributed by atoms with Crippen LogP contribution >= 0.6 is 11.3 Å². The molecule has 0 aliphatic heterocycles. The molecule has 110 valence electrons. The molecule has 3 rings (SSSR count). The van der Waals surface area contributed by atoms with Crippen molar-refractivity contribution in [1.29, 1.82) is 0 Å². The number of hydrogen-bond donors (Lipinski definition) is 1. The number of aryl methyl sites for hydroxylation is 2. The summed E-state index contributed by atoms with van der Waals surface area (Å²) in [7, 11) is 1.98. The Balaban J connectivity index is 1.78. The summed E-state index contributed by atoms with van der Waals surface area (Å²) in [5, 5.41) is 4.57. The quantitative estimate of drug-likeness (QED) is 0.760. The van der Waals surface area contributed by atoms with Crippen molar-refractivity contribution in [2.45, 2.75) is 25.9 Å². The highest BCUT2D eigenvalue weighted by Crippen LogP contribution is 2.22. The Morgan fingerprint density at radius 2 is 2.33 bits per heavy atom. The molecule has 3 aromatic heterocycles. The Morgan fingerprint density at radius 1 is 1.43 bits per heavy atom. The average Bonchev–Trinajstić information content (AvgIpc) is 3.22. The largest absolute Gasteiger partial charge is 0.467 e. The van der Waals surface area contributed by atoms with Gasteiger partial charge in [0, 0.05) is 37.1 Å². The van der Waals surface area contributed by atoms with Crippen LogP contribution in [0.1, 0.15) is 34.4 Å². The Bertz CT molecular complexity index is 686. The van der Waals surface area contributed by atoms with E-state index in [0.717, 1.165) is 23.0 Å². The summed E-state index contributed by atoms with van der Waals surface area (Å²) < 4.78 is 7.56. The number of rotatable bonds is 6. The van der Waals surface area contributed by atoms with Crippen LogP contribution in [0.5, 0.6) is 0 Å². The van der Waals surface area contributed by atoms with Crippen LogP contribution in [0.25, 0.3) is 0 Å². The summed E-state index contributed by atoms with van der Waals surface area (Å²) in [5.41, 5.74) is 0. The normalized spacial score (nSPS) is 12.7. The molecule has 0 aliphatic rings. The van der Waals surface area contributed by atoms with Gasteiger partial charge >= 0.3 is 0 Å². The maximum absolute atomic E-state index is 5.56. The van der Waals surface area contributed by atoms with Gasteiger partial charge in [0.2, 0.25) is 0 Å². The number of furan rings is 1. The lowest BCUT2D eigenvalue weighted by atomic mass is 10.2. The van der Waals surface area contributed by atoms with Crippen LogP contribution in [0.15, 0.2) is 41.4 Å². The predicted molar refractivity (Wildman–Crippen MR) is 82.1 cm³/mol. The fraction of sp³-hybridized carbons (Fsp3) is 0.333. The molecule has 0 fully saturated rings. The molecule has 0 aromatic carbocycles. The van der Waals surface area contributed by atoms with Gasteiger partial charge in [-0.2, -0.15) is 0 Å². The SMILES string of the molecule is CCc1cnc(CNC(c2ccco2)c2nccn2C)s1. The molecule has 0 saturated carbocycles. The fourth-order valence-electron chi connectivity index (χ4n) is 2.21. The van der Waals surface area contributed by atoms with Gasteiger partial charge in [-0.25, -0.2) is 9.97 Å². The summed E-state index contributed by atoms with van der Waals surface area (Å²) in [4.78, 5) is 10.2. The number of nitrogens with one attached hydrogen (secondary N) is 1. The van der Waals surface area contributed by atoms with Crippen LogP contribution in [-0.4, -0.2) is 14.5 Å². The van der Waals surface area contributed by atoms with E-state index >= 15 is 0 Å². The molecule has 1 atom stereocenters. The summed E-state index contributed by atoms with van der Waals surface area (Å²) in [6, 6.07) is 3.78. The van der Waals surface area contributed by atoms with Crippen LogP contribution < -0.4 is 5.32 Å². The molecule has 0 bridgehead atoms. The average molecular weight is 302 g/mol. The molecule has 0 aliphatic carbocycles. The highest BCUT2D eigenvalue weighted by molar-refractivity contribution is 7.11. The lowest BCUT2D eigenvalue weighted by Gasteiger charge is -2.15. The third-order valence-corrected chi connectivity index (χ3v) is 4.49. The van der Waals surface area contributed by atoms with Crippen molar-refractivity contribution < 1.29 is 4.42 Å². The summed E-state index contributed by atoms with van der Waals surface area (Å²) in [6.45, 7) is 2.84. The van der Waals surface area contributed by atoms with Crippen molar-refractivity contribution in [1.82, 2.24) is 19.9 Å². The molecule has 5 nitrogen and oxygen atoms in total. The minimum absolute atomic E-state index is 0.0750. The van der Waals surface area contributed by atoms with Crippen molar-refractivity contribution in [2.24, 2.45) is 7.05 Å². The van der Waals surface area contributed by atoms with E-state index in [1.807, 2.05) is 36.1 Å². The fourth-order valence-corrected chi connectivity index (χ4v) is 3.03. The topological polar surface area (TPSA) is 55.9 Å². The third-order valence-electron chi connectivity index (χ3n) is 3.35. The van der Waals surface area contributed by atoms with Crippen molar-refractivity contribution in [3.63, 3.8) is 0 Å². The first kappa shape index (κ1) is 14.0. The molecular weight excluding hydrogens is 284 g/mol. The Kier molecular flexibility index (Phi) is 4.17. The second-order valence-electron chi connectivity index (χ2n) is 4.80. The Labute approximate surface area is 127 Å². The Morgan fingerprint density at radius 3 is 2.95 bits per heavy atom. The van der Waals surface area contributed by atoms with Crippen molar-refractivity contribution in [3.8, 4) is 0 Å². The summed E-state index contributed by atoms with van der Waals surface area (Å²) >= 11 is 1.74. The van der Waals surface area contributed by atoms with E-state index < -0.39 is 0 Å². The summed E-state index contributed by atoms with van der Waals surface area (Å²) in [6.07, 6.45) is 8.39. The molecule has 0 radical (unpaired) electrons. The molecule has 0 amide bonds. The molecule has 6 heteroatoms. The number of nitrogens with zero attached hydrogens (tertiary/aromatic N) is 3. The molecule has 0 saturated heterocycles. The summed E-state index contributed by atoms with van der Waals surface area (Å²) in [5.74, 6) is 1.79. The number of hydrogen-bond acceptors (Lipinski definition) is 5. The maximum Gasteiger partial charge on any atom is 0.133 e. The zero-order valence-electron chi connectivity index (χ0n) is 12.1. The molecule has 3 aromatic rings. The molecule has 0 spiro atoms. The second-order valence-corrected chi connectivity index (χ2v) is 6.00. The number of thiazole rings is 1. The van der Waals surface area contributed by atoms with E-state index in [4.69, 9.17) is 4.42 Å². The molecular formula is C15H18N4OS. The van der Waals surface area contributed by atoms with E-state index in [9.17, 15) is 0 Å². The molecule has 3 heterocycles. The lowest BCUT2D eigenvalue weighted by Crippen LogP contribution is -2.24. The van der Waals surface area contributed by atoms with E-state index in [1.54, 1.807) is 23.8 Å². The van der Waals surface area contributed by atoms with Gasteiger partial charge in [0.25, 0.3) is 0 Å². The van der Waals surface area contributed by atoms with Gasteiger partial charge < -0.3 is 8.98 Å². The van der Waals surface area contributed by atoms with Crippen LogP contribution in [0.3, 0.4) is 0 Å². The van der Waals surface area contributed by atoms with Gasteiger partial charge in [-0.1, -0.05) is 6.92 Å². The molecule has 21 heavy (non-hydrogen) atoms. The van der Waals surface area contributed by atoms with Crippen molar-refractivity contribution in [3.05, 3.63) is 58.5 Å². The van der Waals surface area contributed by atoms with Gasteiger partial charge in [0.05, 0.1) is 6.26 Å². The van der Waals surface area contributed by atoms with Crippen LogP contribution in [-0.2, 0) is 20.0 Å². The smallest absolute Gasteiger partial charge is 0.133 e. The zero-order chi connectivity index (χ0) is 14.7. The molecule has 1 unspecified atom stereocenters. The van der Waals surface area contributed by atoms with Gasteiger partial charge in [-0.3, -0.25) is 5.32 Å². The first-order chi connectivity index (χ1) is 10.3.